The van der Waals surface area contributed by atoms with E-state index in [2.05, 4.69) is 5.32 Å². The molecule has 0 fully saturated rings. The molecule has 4 nitrogen and oxygen atoms in total. The lowest BCUT2D eigenvalue weighted by Gasteiger charge is -2.03. The molecule has 0 heterocycles. The highest BCUT2D eigenvalue weighted by Gasteiger charge is 1.97. The Kier molecular flexibility index (Phi) is 7.52. The van der Waals surface area contributed by atoms with Gasteiger partial charge in [0.25, 0.3) is 0 Å². The molecular weight excluding hydrogens is 289 g/mol. The fraction of sp³-hybridized carbons (Fsp3) is 0.308. The zero-order chi connectivity index (χ0) is 14.1. The number of rotatable bonds is 7. The number of aliphatic hydroxyl groups excluding tert-OH is 1. The number of carbonyl (C=O) groups is 1. The van der Waals surface area contributed by atoms with E-state index in [1.165, 1.54) is 6.08 Å². The van der Waals surface area contributed by atoms with E-state index in [0.717, 1.165) is 5.56 Å². The van der Waals surface area contributed by atoms with Crippen LogP contribution < -0.4 is 5.32 Å². The van der Waals surface area contributed by atoms with E-state index >= 15 is 0 Å². The minimum atomic E-state index is -0.233. The second kappa shape index (κ2) is 8.93. The summed E-state index contributed by atoms with van der Waals surface area (Å²) in [5.41, 5.74) is 0.754. The molecule has 0 saturated carbocycles. The molecule has 2 N–H and O–H groups in total. The molecule has 0 aromatic heterocycles. The topological polar surface area (TPSA) is 58.6 Å². The fourth-order valence-electron chi connectivity index (χ4n) is 1.32. The lowest BCUT2D eigenvalue weighted by Crippen LogP contribution is -2.25. The van der Waals surface area contributed by atoms with Gasteiger partial charge in [0.1, 0.15) is 0 Å². The maximum absolute atomic E-state index is 11.5. The van der Waals surface area contributed by atoms with Crippen molar-refractivity contribution in [2.24, 2.45) is 0 Å². The Hall–Kier alpha value is -1.07. The molecule has 0 aliphatic rings. The van der Waals surface area contributed by atoms with Crippen molar-refractivity contribution in [2.75, 3.05) is 26.4 Å². The normalized spacial score (nSPS) is 10.9. The zero-order valence-corrected chi connectivity index (χ0v) is 11.7. The number of benzene rings is 1. The van der Waals surface area contributed by atoms with Crippen molar-refractivity contribution in [3.63, 3.8) is 0 Å². The average molecular weight is 304 g/mol. The molecule has 0 saturated heterocycles. The van der Waals surface area contributed by atoms with Crippen LogP contribution in [-0.2, 0) is 9.53 Å². The summed E-state index contributed by atoms with van der Waals surface area (Å²) in [5, 5.41) is 12.2. The summed E-state index contributed by atoms with van der Waals surface area (Å²) in [6.45, 7) is 0.999. The van der Waals surface area contributed by atoms with Crippen LogP contribution in [0, 0.1) is 0 Å². The second-order valence-electron chi connectivity index (χ2n) is 3.66. The molecule has 1 aromatic carbocycles. The number of aliphatic hydroxyl groups is 1. The minimum Gasteiger partial charge on any atom is -0.394 e. The molecule has 6 heteroatoms. The van der Waals surface area contributed by atoms with Crippen LogP contribution in [-0.4, -0.2) is 37.4 Å². The van der Waals surface area contributed by atoms with Gasteiger partial charge in [-0.25, -0.2) is 0 Å². The van der Waals surface area contributed by atoms with Crippen molar-refractivity contribution in [3.05, 3.63) is 39.9 Å². The van der Waals surface area contributed by atoms with Gasteiger partial charge in [-0.05, 0) is 29.8 Å². The van der Waals surface area contributed by atoms with Gasteiger partial charge in [-0.1, -0.05) is 23.2 Å². The Balaban J connectivity index is 2.36. The van der Waals surface area contributed by atoms with Gasteiger partial charge >= 0.3 is 0 Å². The van der Waals surface area contributed by atoms with Crippen LogP contribution in [0.5, 0.6) is 0 Å². The first-order valence-corrected chi connectivity index (χ1v) is 6.48. The highest BCUT2D eigenvalue weighted by molar-refractivity contribution is 6.34. The molecule has 0 spiro atoms. The van der Waals surface area contributed by atoms with E-state index in [4.69, 9.17) is 33.0 Å². The highest BCUT2D eigenvalue weighted by atomic mass is 35.5. The molecule has 1 rings (SSSR count). The van der Waals surface area contributed by atoms with E-state index in [-0.39, 0.29) is 19.1 Å². The summed E-state index contributed by atoms with van der Waals surface area (Å²) in [4.78, 5) is 11.5. The summed E-state index contributed by atoms with van der Waals surface area (Å²) >= 11 is 11.7. The van der Waals surface area contributed by atoms with Gasteiger partial charge in [-0.2, -0.15) is 0 Å². The molecule has 0 aliphatic heterocycles. The molecule has 0 atom stereocenters. The molecule has 1 amide bonds. The molecule has 19 heavy (non-hydrogen) atoms. The standard InChI is InChI=1S/C13H15Cl2NO3/c14-11-7-10(8-12(15)9-11)1-2-13(18)16-3-5-19-6-4-17/h1-2,7-9,17H,3-6H2,(H,16,18)/b2-1+. The Labute approximate surface area is 122 Å². The zero-order valence-electron chi connectivity index (χ0n) is 10.2. The Morgan fingerprint density at radius 1 is 1.26 bits per heavy atom. The van der Waals surface area contributed by atoms with Crippen molar-refractivity contribution < 1.29 is 14.6 Å². The van der Waals surface area contributed by atoms with Crippen LogP contribution in [0.25, 0.3) is 6.08 Å². The van der Waals surface area contributed by atoms with Gasteiger partial charge in [0, 0.05) is 22.7 Å². The first kappa shape index (κ1) is 16.0. The third kappa shape index (κ3) is 7.18. The summed E-state index contributed by atoms with van der Waals surface area (Å²) in [6, 6.07) is 5.04. The van der Waals surface area contributed by atoms with Crippen LogP contribution >= 0.6 is 23.2 Å². The van der Waals surface area contributed by atoms with Gasteiger partial charge in [-0.15, -0.1) is 0 Å². The predicted molar refractivity (Wildman–Crippen MR) is 76.4 cm³/mol. The number of nitrogens with one attached hydrogen (secondary N) is 1. The quantitative estimate of drug-likeness (QED) is 0.599. The Morgan fingerprint density at radius 3 is 2.58 bits per heavy atom. The third-order valence-electron chi connectivity index (χ3n) is 2.09. The van der Waals surface area contributed by atoms with Crippen molar-refractivity contribution in [3.8, 4) is 0 Å². The molecule has 1 aromatic rings. The van der Waals surface area contributed by atoms with Crippen molar-refractivity contribution >= 4 is 35.2 Å². The van der Waals surface area contributed by atoms with E-state index in [0.29, 0.717) is 23.2 Å². The summed E-state index contributed by atoms with van der Waals surface area (Å²) in [7, 11) is 0. The summed E-state index contributed by atoms with van der Waals surface area (Å²) in [6.07, 6.45) is 3.02. The maximum atomic E-state index is 11.5. The van der Waals surface area contributed by atoms with E-state index in [1.807, 2.05) is 0 Å². The smallest absolute Gasteiger partial charge is 0.244 e. The number of hydrogen-bond acceptors (Lipinski definition) is 3. The average Bonchev–Trinajstić information content (AvgIpc) is 2.35. The fourth-order valence-corrected chi connectivity index (χ4v) is 1.86. The van der Waals surface area contributed by atoms with Crippen LogP contribution in [0.1, 0.15) is 5.56 Å². The predicted octanol–water partition coefficient (Wildman–Crippen LogP) is 2.13. The van der Waals surface area contributed by atoms with Crippen molar-refractivity contribution in [2.45, 2.75) is 0 Å². The minimum absolute atomic E-state index is 0.0244. The maximum Gasteiger partial charge on any atom is 0.244 e. The van der Waals surface area contributed by atoms with E-state index in [9.17, 15) is 4.79 Å². The Bertz CT molecular complexity index is 429. The first-order valence-electron chi connectivity index (χ1n) is 5.72. The molecule has 0 aliphatic carbocycles. The number of halogens is 2. The third-order valence-corrected chi connectivity index (χ3v) is 2.53. The van der Waals surface area contributed by atoms with Gasteiger partial charge in [0.2, 0.25) is 5.91 Å². The van der Waals surface area contributed by atoms with Crippen LogP contribution in [0.15, 0.2) is 24.3 Å². The summed E-state index contributed by atoms with van der Waals surface area (Å²) in [5.74, 6) is -0.233. The lowest BCUT2D eigenvalue weighted by molar-refractivity contribution is -0.116. The van der Waals surface area contributed by atoms with Gasteiger partial charge in [-0.3, -0.25) is 4.79 Å². The highest BCUT2D eigenvalue weighted by Crippen LogP contribution is 2.19. The first-order chi connectivity index (χ1) is 9.11. The van der Waals surface area contributed by atoms with Crippen LogP contribution in [0.2, 0.25) is 10.0 Å². The number of ether oxygens (including phenoxy) is 1. The number of carbonyl (C=O) groups excluding carboxylic acids is 1. The van der Waals surface area contributed by atoms with Gasteiger partial charge < -0.3 is 15.2 Å². The SMILES string of the molecule is O=C(/C=C/c1cc(Cl)cc(Cl)c1)NCCOCCO. The van der Waals surface area contributed by atoms with E-state index in [1.54, 1.807) is 24.3 Å². The van der Waals surface area contributed by atoms with E-state index < -0.39 is 0 Å². The number of amides is 1. The number of hydrogen-bond donors (Lipinski definition) is 2. The van der Waals surface area contributed by atoms with Crippen molar-refractivity contribution in [1.29, 1.82) is 0 Å². The molecule has 0 bridgehead atoms. The lowest BCUT2D eigenvalue weighted by atomic mass is 10.2. The monoisotopic (exact) mass is 303 g/mol. The van der Waals surface area contributed by atoms with Crippen LogP contribution in [0.4, 0.5) is 0 Å². The second-order valence-corrected chi connectivity index (χ2v) is 4.54. The van der Waals surface area contributed by atoms with Gasteiger partial charge in [0.15, 0.2) is 0 Å². The molecule has 104 valence electrons. The molecule has 0 unspecified atom stereocenters. The molecular formula is C13H15Cl2NO3. The van der Waals surface area contributed by atoms with Crippen LogP contribution in [0.3, 0.4) is 0 Å². The Morgan fingerprint density at radius 2 is 1.95 bits per heavy atom. The van der Waals surface area contributed by atoms with Crippen molar-refractivity contribution in [1.82, 2.24) is 5.32 Å². The summed E-state index contributed by atoms with van der Waals surface area (Å²) < 4.78 is 5.00. The largest absolute Gasteiger partial charge is 0.394 e. The molecule has 0 radical (unpaired) electrons. The van der Waals surface area contributed by atoms with Gasteiger partial charge in [0.05, 0.1) is 19.8 Å².